The molecule has 0 bridgehead atoms. The average Bonchev–Trinajstić information content (AvgIpc) is 2.68. The molecule has 0 aliphatic carbocycles. The smallest absolute Gasteiger partial charge is 0.416 e. The quantitative estimate of drug-likeness (QED) is 0.616. The predicted octanol–water partition coefficient (Wildman–Crippen LogP) is 3.45. The first-order valence-electron chi connectivity index (χ1n) is 8.11. The highest BCUT2D eigenvalue weighted by Crippen LogP contribution is 2.34. The molecule has 0 aliphatic rings. The maximum absolute atomic E-state index is 12.9. The molecule has 3 rings (SSSR count). The molecule has 3 aromatic rings. The van der Waals surface area contributed by atoms with Gasteiger partial charge in [0.25, 0.3) is 0 Å². The summed E-state index contributed by atoms with van der Waals surface area (Å²) in [6, 6.07) is 9.02. The van der Waals surface area contributed by atoms with Crippen LogP contribution in [0.5, 0.6) is 5.75 Å². The van der Waals surface area contributed by atoms with Gasteiger partial charge in [0.15, 0.2) is 5.76 Å². The number of hydrogen-bond donors (Lipinski definition) is 3. The molecule has 0 fully saturated rings. The fraction of sp³-hybridized carbons (Fsp3) is 0.158. The van der Waals surface area contributed by atoms with E-state index in [2.05, 4.69) is 10.3 Å². The number of halogens is 3. The summed E-state index contributed by atoms with van der Waals surface area (Å²) in [5.41, 5.74) is -1.35. The second-order valence-electron chi connectivity index (χ2n) is 5.86. The number of anilines is 1. The minimum absolute atomic E-state index is 0.0995. The van der Waals surface area contributed by atoms with Crippen molar-refractivity contribution < 1.29 is 27.8 Å². The van der Waals surface area contributed by atoms with E-state index < -0.39 is 35.6 Å². The van der Waals surface area contributed by atoms with Crippen molar-refractivity contribution in [1.29, 1.82) is 0 Å². The molecule has 0 unspecified atom stereocenters. The lowest BCUT2D eigenvalue weighted by Crippen LogP contribution is -2.17. The van der Waals surface area contributed by atoms with E-state index in [4.69, 9.17) is 4.42 Å². The van der Waals surface area contributed by atoms with Crippen LogP contribution in [0.2, 0.25) is 0 Å². The summed E-state index contributed by atoms with van der Waals surface area (Å²) in [5.74, 6) is -0.728. The lowest BCUT2D eigenvalue weighted by atomic mass is 10.0. The molecule has 2 heterocycles. The number of hydrogen-bond acceptors (Lipinski definition) is 6. The maximum Gasteiger partial charge on any atom is 0.416 e. The van der Waals surface area contributed by atoms with Crippen LogP contribution < -0.4 is 10.7 Å². The van der Waals surface area contributed by atoms with Gasteiger partial charge in [-0.15, -0.1) is 0 Å². The van der Waals surface area contributed by atoms with Gasteiger partial charge < -0.3 is 19.9 Å². The summed E-state index contributed by atoms with van der Waals surface area (Å²) in [7, 11) is 0. The number of aliphatic hydroxyl groups is 1. The van der Waals surface area contributed by atoms with Gasteiger partial charge in [-0.05, 0) is 29.8 Å². The zero-order valence-electron chi connectivity index (χ0n) is 14.3. The van der Waals surface area contributed by atoms with Gasteiger partial charge >= 0.3 is 6.18 Å². The number of aromatic nitrogens is 1. The summed E-state index contributed by atoms with van der Waals surface area (Å²) in [6.45, 7) is -0.591. The zero-order valence-corrected chi connectivity index (χ0v) is 14.3. The molecule has 0 saturated heterocycles. The van der Waals surface area contributed by atoms with E-state index >= 15 is 0 Å². The summed E-state index contributed by atoms with van der Waals surface area (Å²) in [4.78, 5) is 16.1. The van der Waals surface area contributed by atoms with E-state index in [1.54, 1.807) is 18.2 Å². The maximum atomic E-state index is 12.9. The van der Waals surface area contributed by atoms with Gasteiger partial charge in [0.05, 0.1) is 5.56 Å². The Morgan fingerprint density at radius 1 is 1.14 bits per heavy atom. The highest BCUT2D eigenvalue weighted by Gasteiger charge is 2.31. The summed E-state index contributed by atoms with van der Waals surface area (Å²) in [6.07, 6.45) is -3.01. The van der Waals surface area contributed by atoms with Gasteiger partial charge in [0.2, 0.25) is 11.2 Å². The van der Waals surface area contributed by atoms with E-state index in [-0.39, 0.29) is 17.1 Å². The molecule has 0 radical (unpaired) electrons. The molecule has 6 nitrogen and oxygen atoms in total. The van der Waals surface area contributed by atoms with Crippen molar-refractivity contribution >= 4 is 5.82 Å². The molecule has 9 heteroatoms. The molecule has 0 saturated carbocycles. The van der Waals surface area contributed by atoms with E-state index in [9.17, 15) is 28.2 Å². The highest BCUT2D eigenvalue weighted by atomic mass is 19.4. The monoisotopic (exact) mass is 392 g/mol. The molecule has 0 aliphatic heterocycles. The number of pyridine rings is 1. The molecule has 146 valence electrons. The molecule has 0 amide bonds. The molecule has 0 spiro atoms. The standard InChI is InChI=1S/C19H15F3N2O4/c20-19(21,22)12-6-4-11(5-7-12)16(24-15-3-1-2-8-23-15)18-17(27)14(26)9-13(10-25)28-18/h1-9,16,25,27H,10H2,(H,23,24)/t16-/m1/s1. The number of benzene rings is 1. The second-order valence-corrected chi connectivity index (χ2v) is 5.86. The Kier molecular flexibility index (Phi) is 5.36. The molecule has 1 aromatic carbocycles. The fourth-order valence-electron chi connectivity index (χ4n) is 2.59. The van der Waals surface area contributed by atoms with Crippen LogP contribution >= 0.6 is 0 Å². The van der Waals surface area contributed by atoms with Crippen molar-refractivity contribution in [2.45, 2.75) is 18.8 Å². The van der Waals surface area contributed by atoms with Crippen LogP contribution in [0.25, 0.3) is 0 Å². The van der Waals surface area contributed by atoms with Gasteiger partial charge in [-0.1, -0.05) is 18.2 Å². The second kappa shape index (κ2) is 7.73. The van der Waals surface area contributed by atoms with Crippen LogP contribution in [-0.2, 0) is 12.8 Å². The van der Waals surface area contributed by atoms with Crippen molar-refractivity contribution in [3.8, 4) is 5.75 Å². The normalized spacial score (nSPS) is 12.6. The Morgan fingerprint density at radius 3 is 2.43 bits per heavy atom. The van der Waals surface area contributed by atoms with Crippen molar-refractivity contribution in [2.75, 3.05) is 5.32 Å². The van der Waals surface area contributed by atoms with Gasteiger partial charge in [-0.3, -0.25) is 4.79 Å². The number of alkyl halides is 3. The van der Waals surface area contributed by atoms with Gasteiger partial charge in [0.1, 0.15) is 24.2 Å². The zero-order chi connectivity index (χ0) is 20.3. The number of aliphatic hydroxyl groups excluding tert-OH is 1. The topological polar surface area (TPSA) is 95.6 Å². The number of nitrogens with one attached hydrogen (secondary N) is 1. The SMILES string of the molecule is O=c1cc(CO)oc([C@H](Nc2ccccn2)c2ccc(C(F)(F)F)cc2)c1O. The van der Waals surface area contributed by atoms with Crippen LogP contribution in [-0.4, -0.2) is 15.2 Å². The first-order chi connectivity index (χ1) is 13.3. The van der Waals surface area contributed by atoms with Gasteiger partial charge in [-0.2, -0.15) is 13.2 Å². The first-order valence-corrected chi connectivity index (χ1v) is 8.11. The molecular formula is C19H15F3N2O4. The minimum Gasteiger partial charge on any atom is -0.502 e. The highest BCUT2D eigenvalue weighted by molar-refractivity contribution is 5.45. The van der Waals surface area contributed by atoms with E-state index in [0.717, 1.165) is 18.2 Å². The van der Waals surface area contributed by atoms with Crippen LogP contribution in [0.3, 0.4) is 0 Å². The third kappa shape index (κ3) is 4.15. The molecule has 1 atom stereocenters. The summed E-state index contributed by atoms with van der Waals surface area (Å²) >= 11 is 0. The van der Waals surface area contributed by atoms with Crippen LogP contribution in [0, 0.1) is 0 Å². The fourth-order valence-corrected chi connectivity index (χ4v) is 2.59. The molecular weight excluding hydrogens is 377 g/mol. The lowest BCUT2D eigenvalue weighted by Gasteiger charge is -2.20. The number of rotatable bonds is 5. The van der Waals surface area contributed by atoms with Crippen LogP contribution in [0.4, 0.5) is 19.0 Å². The minimum atomic E-state index is -4.51. The predicted molar refractivity (Wildman–Crippen MR) is 93.7 cm³/mol. The summed E-state index contributed by atoms with van der Waals surface area (Å²) in [5, 5.41) is 22.4. The Morgan fingerprint density at radius 2 is 1.86 bits per heavy atom. The Labute approximate surface area is 156 Å². The van der Waals surface area contributed by atoms with Crippen LogP contribution in [0.1, 0.15) is 28.7 Å². The Hall–Kier alpha value is -3.33. The largest absolute Gasteiger partial charge is 0.502 e. The van der Waals surface area contributed by atoms with Crippen molar-refractivity contribution in [3.05, 3.63) is 87.6 Å². The van der Waals surface area contributed by atoms with Gasteiger partial charge in [-0.25, -0.2) is 4.98 Å². The third-order valence-electron chi connectivity index (χ3n) is 3.95. The number of nitrogens with zero attached hydrogens (tertiary/aromatic N) is 1. The third-order valence-corrected chi connectivity index (χ3v) is 3.95. The van der Waals surface area contributed by atoms with Gasteiger partial charge in [0, 0.05) is 12.3 Å². The first kappa shape index (κ1) is 19.4. The Balaban J connectivity index is 2.11. The van der Waals surface area contributed by atoms with E-state index in [1.807, 2.05) is 0 Å². The Bertz CT molecular complexity index is 1000. The molecule has 2 aromatic heterocycles. The molecule has 28 heavy (non-hydrogen) atoms. The van der Waals surface area contributed by atoms with Crippen LogP contribution in [0.15, 0.2) is 63.9 Å². The average molecular weight is 392 g/mol. The van der Waals surface area contributed by atoms with Crippen molar-refractivity contribution in [2.24, 2.45) is 0 Å². The van der Waals surface area contributed by atoms with Crippen molar-refractivity contribution in [3.63, 3.8) is 0 Å². The molecule has 3 N–H and O–H groups in total. The van der Waals surface area contributed by atoms with Crippen molar-refractivity contribution in [1.82, 2.24) is 4.98 Å². The van der Waals surface area contributed by atoms with E-state index in [1.165, 1.54) is 18.3 Å². The lowest BCUT2D eigenvalue weighted by molar-refractivity contribution is -0.137. The number of aromatic hydroxyl groups is 1. The van der Waals surface area contributed by atoms with E-state index in [0.29, 0.717) is 5.82 Å². The summed E-state index contributed by atoms with van der Waals surface area (Å²) < 4.78 is 44.0.